The van der Waals surface area contributed by atoms with E-state index in [-0.39, 0.29) is 5.91 Å². The first kappa shape index (κ1) is 21.0. The third-order valence-electron chi connectivity index (χ3n) is 5.78. The molecule has 0 atom stereocenters. The summed E-state index contributed by atoms with van der Waals surface area (Å²) in [5.41, 5.74) is 2.66. The second-order valence-corrected chi connectivity index (χ2v) is 7.84. The van der Waals surface area contributed by atoms with Crippen LogP contribution in [0.25, 0.3) is 22.5 Å². The van der Waals surface area contributed by atoms with Gasteiger partial charge in [0.1, 0.15) is 5.75 Å². The van der Waals surface area contributed by atoms with Crippen LogP contribution in [-0.4, -0.2) is 59.1 Å². The van der Waals surface area contributed by atoms with Gasteiger partial charge < -0.3 is 18.6 Å². The van der Waals surface area contributed by atoms with Crippen molar-refractivity contribution in [3.05, 3.63) is 78.6 Å². The van der Waals surface area contributed by atoms with E-state index >= 15 is 0 Å². The fourth-order valence-corrected chi connectivity index (χ4v) is 3.94. The first-order valence-electron chi connectivity index (χ1n) is 10.8. The fraction of sp³-hybridized carbons (Fsp3) is 0.240. The smallest absolute Gasteiger partial charge is 0.290 e. The van der Waals surface area contributed by atoms with Crippen molar-refractivity contribution in [2.75, 3.05) is 33.3 Å². The molecule has 1 aliphatic rings. The molecule has 0 unspecified atom stereocenters. The number of aromatic nitrogens is 2. The molecule has 0 N–H and O–H groups in total. The highest BCUT2D eigenvalue weighted by Gasteiger charge is 2.27. The molecule has 2 aromatic heterocycles. The van der Waals surface area contributed by atoms with Crippen LogP contribution in [0.5, 0.6) is 5.75 Å². The Hall–Kier alpha value is -3.91. The number of carbonyl (C=O) groups is 1. The van der Waals surface area contributed by atoms with Crippen molar-refractivity contribution in [2.45, 2.75) is 6.54 Å². The minimum Gasteiger partial charge on any atom is -0.497 e. The van der Waals surface area contributed by atoms with Crippen LogP contribution >= 0.6 is 0 Å². The summed E-state index contributed by atoms with van der Waals surface area (Å²) in [5, 5.41) is 4.09. The van der Waals surface area contributed by atoms with Gasteiger partial charge in [-0.25, -0.2) is 0 Å². The van der Waals surface area contributed by atoms with Crippen LogP contribution in [0.15, 0.2) is 75.9 Å². The third-order valence-corrected chi connectivity index (χ3v) is 5.78. The second-order valence-electron chi connectivity index (χ2n) is 7.84. The number of rotatable bonds is 6. The summed E-state index contributed by atoms with van der Waals surface area (Å²) >= 11 is 0. The standard InChI is InChI=1S/C25H24N4O4/c1-31-20-9-7-19(8-10-20)24-26-22(33-27-24)17-28-12-14-29(15-13-28)25(30)23-21(11-16-32-23)18-5-3-2-4-6-18/h2-11,16H,12-15,17H2,1H3. The molecular weight excluding hydrogens is 420 g/mol. The molecule has 1 fully saturated rings. The zero-order valence-corrected chi connectivity index (χ0v) is 18.3. The SMILES string of the molecule is COc1ccc(-c2noc(CN3CCN(C(=O)c4occc4-c4ccccc4)CC3)n2)cc1. The van der Waals surface area contributed by atoms with Crippen LogP contribution in [0.2, 0.25) is 0 Å². The van der Waals surface area contributed by atoms with Crippen LogP contribution in [0.4, 0.5) is 0 Å². The number of piperazine rings is 1. The van der Waals surface area contributed by atoms with Crippen molar-refractivity contribution < 1.29 is 18.5 Å². The van der Waals surface area contributed by atoms with E-state index < -0.39 is 0 Å². The number of furan rings is 1. The number of ether oxygens (including phenoxy) is 1. The van der Waals surface area contributed by atoms with Crippen molar-refractivity contribution >= 4 is 5.91 Å². The van der Waals surface area contributed by atoms with Gasteiger partial charge in [0, 0.05) is 37.3 Å². The van der Waals surface area contributed by atoms with Crippen LogP contribution in [0, 0.1) is 0 Å². The molecule has 33 heavy (non-hydrogen) atoms. The molecule has 0 bridgehead atoms. The molecule has 168 valence electrons. The Morgan fingerprint density at radius 3 is 2.45 bits per heavy atom. The normalized spacial score (nSPS) is 14.4. The number of carbonyl (C=O) groups excluding carboxylic acids is 1. The Morgan fingerprint density at radius 1 is 0.970 bits per heavy atom. The number of amides is 1. The Labute approximate surface area is 191 Å². The Balaban J connectivity index is 1.19. The first-order chi connectivity index (χ1) is 16.2. The quantitative estimate of drug-likeness (QED) is 0.445. The predicted molar refractivity (Wildman–Crippen MR) is 122 cm³/mol. The molecule has 3 heterocycles. The van der Waals surface area contributed by atoms with Crippen molar-refractivity contribution in [3.63, 3.8) is 0 Å². The van der Waals surface area contributed by atoms with Gasteiger partial charge in [0.25, 0.3) is 5.91 Å². The van der Waals surface area contributed by atoms with Crippen LogP contribution < -0.4 is 4.74 Å². The van der Waals surface area contributed by atoms with Crippen molar-refractivity contribution in [2.24, 2.45) is 0 Å². The Morgan fingerprint density at radius 2 is 1.73 bits per heavy atom. The van der Waals surface area contributed by atoms with Crippen LogP contribution in [0.3, 0.4) is 0 Å². The third kappa shape index (κ3) is 4.51. The van der Waals surface area contributed by atoms with Gasteiger partial charge in [-0.3, -0.25) is 9.69 Å². The van der Waals surface area contributed by atoms with Crippen molar-refractivity contribution in [1.29, 1.82) is 0 Å². The molecule has 2 aromatic carbocycles. The minimum atomic E-state index is -0.0851. The van der Waals surface area contributed by atoms with Gasteiger partial charge in [0.15, 0.2) is 5.76 Å². The lowest BCUT2D eigenvalue weighted by molar-refractivity contribution is 0.0586. The van der Waals surface area contributed by atoms with E-state index in [1.165, 1.54) is 0 Å². The lowest BCUT2D eigenvalue weighted by Crippen LogP contribution is -2.48. The first-order valence-corrected chi connectivity index (χ1v) is 10.8. The van der Waals surface area contributed by atoms with E-state index in [0.29, 0.717) is 50.2 Å². The molecule has 8 nitrogen and oxygen atoms in total. The highest BCUT2D eigenvalue weighted by Crippen LogP contribution is 2.26. The van der Waals surface area contributed by atoms with Gasteiger partial charge in [0.05, 0.1) is 19.9 Å². The number of hydrogen-bond donors (Lipinski definition) is 0. The van der Waals surface area contributed by atoms with Gasteiger partial charge in [-0.15, -0.1) is 0 Å². The number of nitrogens with zero attached hydrogens (tertiary/aromatic N) is 4. The van der Waals surface area contributed by atoms with Gasteiger partial charge in [-0.05, 0) is 35.9 Å². The maximum absolute atomic E-state index is 13.1. The number of methoxy groups -OCH3 is 1. The molecule has 0 radical (unpaired) electrons. The fourth-order valence-electron chi connectivity index (χ4n) is 3.94. The Bertz CT molecular complexity index is 1210. The largest absolute Gasteiger partial charge is 0.497 e. The van der Waals surface area contributed by atoms with E-state index in [0.717, 1.165) is 22.4 Å². The van der Waals surface area contributed by atoms with Crippen molar-refractivity contribution in [3.8, 4) is 28.3 Å². The van der Waals surface area contributed by atoms with Gasteiger partial charge >= 0.3 is 0 Å². The molecule has 1 saturated heterocycles. The van der Waals surface area contributed by atoms with E-state index in [1.54, 1.807) is 13.4 Å². The maximum atomic E-state index is 13.1. The zero-order valence-electron chi connectivity index (χ0n) is 18.3. The number of benzene rings is 2. The second kappa shape index (κ2) is 9.30. The number of hydrogen-bond acceptors (Lipinski definition) is 7. The summed E-state index contributed by atoms with van der Waals surface area (Å²) in [6, 6.07) is 19.2. The highest BCUT2D eigenvalue weighted by atomic mass is 16.5. The molecule has 5 rings (SSSR count). The molecule has 1 aliphatic heterocycles. The summed E-state index contributed by atoms with van der Waals surface area (Å²) in [7, 11) is 1.63. The van der Waals surface area contributed by atoms with E-state index in [9.17, 15) is 4.79 Å². The van der Waals surface area contributed by atoms with Gasteiger partial charge in [0.2, 0.25) is 11.7 Å². The van der Waals surface area contributed by atoms with E-state index in [1.807, 2.05) is 65.6 Å². The molecular formula is C25H24N4O4. The lowest BCUT2D eigenvalue weighted by atomic mass is 10.1. The van der Waals surface area contributed by atoms with E-state index in [2.05, 4.69) is 15.0 Å². The minimum absolute atomic E-state index is 0.0851. The average Bonchev–Trinajstić information content (AvgIpc) is 3.55. The predicted octanol–water partition coefficient (Wildman–Crippen LogP) is 3.96. The molecule has 1 amide bonds. The van der Waals surface area contributed by atoms with E-state index in [4.69, 9.17) is 13.7 Å². The summed E-state index contributed by atoms with van der Waals surface area (Å²) < 4.78 is 16.2. The zero-order chi connectivity index (χ0) is 22.6. The summed E-state index contributed by atoms with van der Waals surface area (Å²) in [6.07, 6.45) is 1.57. The topological polar surface area (TPSA) is 84.8 Å². The molecule has 0 aliphatic carbocycles. The van der Waals surface area contributed by atoms with Gasteiger partial charge in [-0.1, -0.05) is 35.5 Å². The summed E-state index contributed by atoms with van der Waals surface area (Å²) in [4.78, 5) is 21.6. The summed E-state index contributed by atoms with van der Waals surface area (Å²) in [6.45, 7) is 3.18. The molecule has 0 spiro atoms. The maximum Gasteiger partial charge on any atom is 0.290 e. The highest BCUT2D eigenvalue weighted by molar-refractivity contribution is 5.98. The molecule has 0 saturated carbocycles. The van der Waals surface area contributed by atoms with Crippen LogP contribution in [-0.2, 0) is 6.54 Å². The summed E-state index contributed by atoms with van der Waals surface area (Å²) in [5.74, 6) is 2.18. The van der Waals surface area contributed by atoms with Crippen LogP contribution in [0.1, 0.15) is 16.4 Å². The van der Waals surface area contributed by atoms with Crippen molar-refractivity contribution in [1.82, 2.24) is 19.9 Å². The molecule has 8 heteroatoms. The molecule has 4 aromatic rings. The average molecular weight is 444 g/mol. The lowest BCUT2D eigenvalue weighted by Gasteiger charge is -2.33. The monoisotopic (exact) mass is 444 g/mol. The van der Waals surface area contributed by atoms with Gasteiger partial charge in [-0.2, -0.15) is 4.98 Å². The Kier molecular flexibility index (Phi) is 5.91.